The highest BCUT2D eigenvalue weighted by molar-refractivity contribution is 5.98. The lowest BCUT2D eigenvalue weighted by Gasteiger charge is -2.68. The number of carbonyl (C=O) groups is 3. The van der Waals surface area contributed by atoms with Crippen LogP contribution in [0.25, 0.3) is 11.4 Å². The first-order valence-electron chi connectivity index (χ1n) is 10.1. The second-order valence-electron chi connectivity index (χ2n) is 9.44. The summed E-state index contributed by atoms with van der Waals surface area (Å²) in [5.74, 6) is 0.0751. The minimum Gasteiger partial charge on any atom is -0.465 e. The van der Waals surface area contributed by atoms with E-state index in [0.717, 1.165) is 0 Å². The van der Waals surface area contributed by atoms with Gasteiger partial charge in [-0.1, -0.05) is 5.21 Å². The zero-order chi connectivity index (χ0) is 23.3. The summed E-state index contributed by atoms with van der Waals surface area (Å²) in [5, 5.41) is 24.7. The van der Waals surface area contributed by atoms with Crippen LogP contribution in [0.3, 0.4) is 0 Å². The minimum atomic E-state index is -1.24. The van der Waals surface area contributed by atoms with Gasteiger partial charge in [-0.05, 0) is 52.2 Å². The predicted molar refractivity (Wildman–Crippen MR) is 113 cm³/mol. The highest BCUT2D eigenvalue weighted by Gasteiger charge is 2.72. The lowest BCUT2D eigenvalue weighted by atomic mass is 9.39. The van der Waals surface area contributed by atoms with E-state index in [9.17, 15) is 14.4 Å². The predicted octanol–water partition coefficient (Wildman–Crippen LogP) is 2.35. The second kappa shape index (κ2) is 7.18. The van der Waals surface area contributed by atoms with Gasteiger partial charge < -0.3 is 20.5 Å². The molecule has 5 rings (SSSR count). The van der Waals surface area contributed by atoms with Crippen molar-refractivity contribution in [2.24, 2.45) is 12.5 Å². The molecule has 12 heteroatoms. The summed E-state index contributed by atoms with van der Waals surface area (Å²) in [5.41, 5.74) is -0.224. The van der Waals surface area contributed by atoms with E-state index in [2.05, 4.69) is 31.2 Å². The molecular formula is C20H25N7O5. The third-order valence-corrected chi connectivity index (χ3v) is 5.59. The van der Waals surface area contributed by atoms with Crippen LogP contribution in [-0.2, 0) is 16.6 Å². The molecular weight excluding hydrogens is 418 g/mol. The van der Waals surface area contributed by atoms with Gasteiger partial charge in [-0.3, -0.25) is 15.1 Å². The van der Waals surface area contributed by atoms with Crippen molar-refractivity contribution >= 4 is 29.6 Å². The quantitative estimate of drug-likeness (QED) is 0.548. The van der Waals surface area contributed by atoms with E-state index in [1.165, 1.54) is 10.9 Å². The number of hydrogen-bond donors (Lipinski definition) is 4. The molecule has 0 saturated heterocycles. The zero-order valence-electron chi connectivity index (χ0n) is 18.2. The first-order valence-corrected chi connectivity index (χ1v) is 10.1. The van der Waals surface area contributed by atoms with Crippen molar-refractivity contribution in [1.82, 2.24) is 25.3 Å². The highest BCUT2D eigenvalue weighted by atomic mass is 16.6. The molecule has 3 fully saturated rings. The third-order valence-electron chi connectivity index (χ3n) is 5.59. The topological polar surface area (TPSA) is 160 Å². The molecule has 0 radical (unpaired) electrons. The number of amides is 3. The van der Waals surface area contributed by atoms with Gasteiger partial charge in [0, 0.05) is 12.6 Å². The van der Waals surface area contributed by atoms with Crippen LogP contribution in [-0.4, -0.2) is 54.3 Å². The summed E-state index contributed by atoms with van der Waals surface area (Å²) in [4.78, 5) is 40.0. The fourth-order valence-corrected chi connectivity index (χ4v) is 4.32. The summed E-state index contributed by atoms with van der Waals surface area (Å²) < 4.78 is 6.59. The maximum atomic E-state index is 12.8. The van der Waals surface area contributed by atoms with Gasteiger partial charge >= 0.3 is 12.2 Å². The SMILES string of the molecule is Cn1nnc(-c2ccc(NC(=O)C34CC(NC(=O)OC(C)(C)C)(C3)C4)cn2)c1NC(=O)O. The summed E-state index contributed by atoms with van der Waals surface area (Å²) in [6.07, 6.45) is 1.48. The van der Waals surface area contributed by atoms with Crippen LogP contribution in [0.4, 0.5) is 21.1 Å². The lowest BCUT2D eigenvalue weighted by molar-refractivity contribution is -0.174. The number of ether oxygens (including phenoxy) is 1. The first kappa shape index (κ1) is 21.5. The maximum Gasteiger partial charge on any atom is 0.410 e. The van der Waals surface area contributed by atoms with E-state index < -0.39 is 23.2 Å². The van der Waals surface area contributed by atoms with E-state index >= 15 is 0 Å². The Morgan fingerprint density at radius 2 is 1.84 bits per heavy atom. The summed E-state index contributed by atoms with van der Waals surface area (Å²) in [6, 6.07) is 3.29. The Kier molecular flexibility index (Phi) is 4.83. The summed E-state index contributed by atoms with van der Waals surface area (Å²) >= 11 is 0. The molecule has 2 aromatic heterocycles. The number of pyridine rings is 1. The number of hydrogen-bond acceptors (Lipinski definition) is 7. The summed E-state index contributed by atoms with van der Waals surface area (Å²) in [6.45, 7) is 5.41. The average Bonchev–Trinajstić information content (AvgIpc) is 2.96. The standard InChI is InChI=1S/C20H25N7O5/c1-18(2,3)32-17(31)24-20-8-19(9-20,10-20)15(28)22-11-5-6-12(21-7-11)13-14(23-16(29)30)27(4)26-25-13/h5-7,23H,8-10H2,1-4H3,(H,22,28)(H,24,31)(H,29,30). The van der Waals surface area contributed by atoms with Gasteiger partial charge in [0.05, 0.1) is 23.0 Å². The van der Waals surface area contributed by atoms with E-state index in [1.807, 2.05) is 0 Å². The second-order valence-corrected chi connectivity index (χ2v) is 9.44. The van der Waals surface area contributed by atoms with Crippen molar-refractivity contribution in [3.63, 3.8) is 0 Å². The third kappa shape index (κ3) is 3.95. The largest absolute Gasteiger partial charge is 0.465 e. The fourth-order valence-electron chi connectivity index (χ4n) is 4.32. The Bertz CT molecular complexity index is 1070. The highest BCUT2D eigenvalue weighted by Crippen LogP contribution is 2.67. The Balaban J connectivity index is 1.35. The maximum absolute atomic E-state index is 12.8. The van der Waals surface area contributed by atoms with Crippen LogP contribution < -0.4 is 16.0 Å². The van der Waals surface area contributed by atoms with Crippen LogP contribution in [0.1, 0.15) is 40.0 Å². The molecule has 12 nitrogen and oxygen atoms in total. The number of carboxylic acid groups (broad SMARTS) is 1. The number of nitrogens with zero attached hydrogens (tertiary/aromatic N) is 4. The van der Waals surface area contributed by atoms with Gasteiger partial charge in [0.2, 0.25) is 5.91 Å². The molecule has 3 aliphatic carbocycles. The van der Waals surface area contributed by atoms with Crippen molar-refractivity contribution in [1.29, 1.82) is 0 Å². The molecule has 2 aromatic rings. The van der Waals surface area contributed by atoms with Gasteiger partial charge in [-0.15, -0.1) is 5.10 Å². The molecule has 0 aromatic carbocycles. The van der Waals surface area contributed by atoms with Crippen molar-refractivity contribution in [2.45, 2.75) is 51.2 Å². The molecule has 2 bridgehead atoms. The minimum absolute atomic E-state index is 0.118. The van der Waals surface area contributed by atoms with Gasteiger partial charge in [0.15, 0.2) is 11.5 Å². The molecule has 0 spiro atoms. The molecule has 2 heterocycles. The number of alkyl carbamates (subject to hydrolysis) is 1. The van der Waals surface area contributed by atoms with E-state index in [4.69, 9.17) is 9.84 Å². The van der Waals surface area contributed by atoms with Crippen LogP contribution in [0.2, 0.25) is 0 Å². The molecule has 3 amide bonds. The molecule has 0 unspecified atom stereocenters. The number of rotatable bonds is 5. The van der Waals surface area contributed by atoms with Gasteiger partial charge in [0.25, 0.3) is 0 Å². The number of nitrogens with one attached hydrogen (secondary N) is 3. The van der Waals surface area contributed by atoms with Crippen LogP contribution in [0.5, 0.6) is 0 Å². The van der Waals surface area contributed by atoms with E-state index in [-0.39, 0.29) is 23.0 Å². The van der Waals surface area contributed by atoms with Crippen molar-refractivity contribution in [3.05, 3.63) is 18.3 Å². The Hall–Kier alpha value is -3.70. The monoisotopic (exact) mass is 443 g/mol. The average molecular weight is 443 g/mol. The molecule has 32 heavy (non-hydrogen) atoms. The fraction of sp³-hybridized carbons (Fsp3) is 0.500. The molecule has 3 aliphatic rings. The Morgan fingerprint density at radius 1 is 1.16 bits per heavy atom. The smallest absolute Gasteiger partial charge is 0.410 e. The molecule has 0 aliphatic heterocycles. The number of anilines is 2. The van der Waals surface area contributed by atoms with E-state index in [1.54, 1.807) is 40.0 Å². The molecule has 0 atom stereocenters. The van der Waals surface area contributed by atoms with E-state index in [0.29, 0.717) is 30.6 Å². The number of aromatic nitrogens is 4. The lowest BCUT2D eigenvalue weighted by Crippen LogP contribution is -2.77. The van der Waals surface area contributed by atoms with Gasteiger partial charge in [-0.2, -0.15) is 0 Å². The van der Waals surface area contributed by atoms with Crippen LogP contribution >= 0.6 is 0 Å². The first-order chi connectivity index (χ1) is 14.9. The van der Waals surface area contributed by atoms with Gasteiger partial charge in [0.1, 0.15) is 5.60 Å². The van der Waals surface area contributed by atoms with Crippen molar-refractivity contribution < 1.29 is 24.2 Å². The molecule has 4 N–H and O–H groups in total. The number of aryl methyl sites for hydroxylation is 1. The normalized spacial score (nSPS) is 23.4. The Morgan fingerprint density at radius 3 is 2.41 bits per heavy atom. The zero-order valence-corrected chi connectivity index (χ0v) is 18.2. The number of carbonyl (C=O) groups excluding carboxylic acids is 2. The molecule has 170 valence electrons. The summed E-state index contributed by atoms with van der Waals surface area (Å²) in [7, 11) is 1.56. The van der Waals surface area contributed by atoms with Crippen molar-refractivity contribution in [3.8, 4) is 11.4 Å². The Labute approximate surface area is 183 Å². The molecule has 3 saturated carbocycles. The van der Waals surface area contributed by atoms with Crippen LogP contribution in [0.15, 0.2) is 18.3 Å². The van der Waals surface area contributed by atoms with Crippen molar-refractivity contribution in [2.75, 3.05) is 10.6 Å². The van der Waals surface area contributed by atoms with Crippen LogP contribution in [0, 0.1) is 5.41 Å². The van der Waals surface area contributed by atoms with Gasteiger partial charge in [-0.25, -0.2) is 14.3 Å².